The Morgan fingerprint density at radius 3 is 2.55 bits per heavy atom. The maximum Gasteiger partial charge on any atom is 0.223 e. The third-order valence-corrected chi connectivity index (χ3v) is 5.93. The van der Waals surface area contributed by atoms with Gasteiger partial charge < -0.3 is 14.6 Å². The topological polar surface area (TPSA) is 58.4 Å². The monoisotopic (exact) mass is 429 g/mol. The minimum Gasteiger partial charge on any atom is -0.441 e. The van der Waals surface area contributed by atoms with Crippen LogP contribution in [0.2, 0.25) is 0 Å². The molecule has 3 rings (SSSR count). The lowest BCUT2D eigenvalue weighted by molar-refractivity contribution is -0.135. The zero-order valence-electron chi connectivity index (χ0n) is 19.5. The van der Waals surface area contributed by atoms with Crippen LogP contribution in [0.4, 0.5) is 4.39 Å². The maximum absolute atomic E-state index is 14.0. The molecule has 1 aromatic carbocycles. The molecule has 0 spiro atoms. The highest BCUT2D eigenvalue weighted by Crippen LogP contribution is 2.32. The minimum absolute atomic E-state index is 0.0195. The molecule has 0 unspecified atom stereocenters. The molecule has 6 heteroatoms. The van der Waals surface area contributed by atoms with Gasteiger partial charge in [0.25, 0.3) is 0 Å². The standard InChI is InChI=1S/C25H36FN3O2/c1-6-7-14-29(18-15-24(2,3)28-25(4,5)16-18)23(30)13-12-22-27-17-21(31-22)19-10-8-9-11-20(19)26/h8-11,17-18,28H,6-7,12-16H2,1-5H3. The van der Waals surface area contributed by atoms with Crippen molar-refractivity contribution in [3.8, 4) is 11.3 Å². The second kappa shape index (κ2) is 9.51. The van der Waals surface area contributed by atoms with E-state index in [-0.39, 0.29) is 28.8 Å². The van der Waals surface area contributed by atoms with E-state index in [1.807, 2.05) is 0 Å². The van der Waals surface area contributed by atoms with E-state index in [4.69, 9.17) is 4.42 Å². The molecule has 0 saturated carbocycles. The van der Waals surface area contributed by atoms with Crippen molar-refractivity contribution in [2.75, 3.05) is 6.54 Å². The number of nitrogens with one attached hydrogen (secondary N) is 1. The lowest BCUT2D eigenvalue weighted by atomic mass is 9.79. The van der Waals surface area contributed by atoms with Gasteiger partial charge in [0.15, 0.2) is 11.7 Å². The summed E-state index contributed by atoms with van der Waals surface area (Å²) in [5.41, 5.74) is 0.347. The number of carbonyl (C=O) groups excluding carboxylic acids is 1. The van der Waals surface area contributed by atoms with Crippen LogP contribution in [-0.2, 0) is 11.2 Å². The molecular weight excluding hydrogens is 393 g/mol. The number of aryl methyl sites for hydroxylation is 1. The average molecular weight is 430 g/mol. The molecule has 1 fully saturated rings. The van der Waals surface area contributed by atoms with Crippen molar-refractivity contribution in [3.05, 3.63) is 42.2 Å². The smallest absolute Gasteiger partial charge is 0.223 e. The first-order chi connectivity index (χ1) is 14.6. The number of piperidine rings is 1. The van der Waals surface area contributed by atoms with Crippen LogP contribution in [0.25, 0.3) is 11.3 Å². The van der Waals surface area contributed by atoms with Crippen LogP contribution in [0.5, 0.6) is 0 Å². The third kappa shape index (κ3) is 6.16. The Morgan fingerprint density at radius 2 is 1.90 bits per heavy atom. The quantitative estimate of drug-likeness (QED) is 0.614. The van der Waals surface area contributed by atoms with Crippen LogP contribution in [-0.4, -0.2) is 39.5 Å². The van der Waals surface area contributed by atoms with E-state index in [0.717, 1.165) is 32.2 Å². The summed E-state index contributed by atoms with van der Waals surface area (Å²) in [6, 6.07) is 6.68. The molecule has 31 heavy (non-hydrogen) atoms. The average Bonchev–Trinajstić information content (AvgIpc) is 3.13. The van der Waals surface area contributed by atoms with Crippen molar-refractivity contribution in [1.29, 1.82) is 0 Å². The second-order valence-electron chi connectivity index (χ2n) is 9.99. The molecule has 5 nitrogen and oxygen atoms in total. The second-order valence-corrected chi connectivity index (χ2v) is 9.99. The SMILES string of the molecule is CCCCN(C(=O)CCc1ncc(-c2ccccc2F)o1)C1CC(C)(C)NC(C)(C)C1. The molecule has 0 atom stereocenters. The molecule has 1 aliphatic heterocycles. The predicted molar refractivity (Wildman–Crippen MR) is 121 cm³/mol. The highest BCUT2D eigenvalue weighted by atomic mass is 19.1. The number of hydrogen-bond acceptors (Lipinski definition) is 4. The van der Waals surface area contributed by atoms with Gasteiger partial charge >= 0.3 is 0 Å². The van der Waals surface area contributed by atoms with E-state index >= 15 is 0 Å². The third-order valence-electron chi connectivity index (χ3n) is 5.93. The van der Waals surface area contributed by atoms with Gasteiger partial charge in [-0.2, -0.15) is 0 Å². The Labute approximate surface area is 185 Å². The van der Waals surface area contributed by atoms with Crippen LogP contribution in [0, 0.1) is 5.82 Å². The van der Waals surface area contributed by atoms with Crippen molar-refractivity contribution in [2.24, 2.45) is 0 Å². The Balaban J connectivity index is 1.68. The molecule has 170 valence electrons. The van der Waals surface area contributed by atoms with Gasteiger partial charge in [0.2, 0.25) is 5.91 Å². The van der Waals surface area contributed by atoms with Gasteiger partial charge in [-0.05, 0) is 59.1 Å². The molecule has 2 heterocycles. The van der Waals surface area contributed by atoms with Gasteiger partial charge in [0.1, 0.15) is 5.82 Å². The Bertz CT molecular complexity index is 874. The van der Waals surface area contributed by atoms with Crippen molar-refractivity contribution in [3.63, 3.8) is 0 Å². The van der Waals surface area contributed by atoms with E-state index < -0.39 is 0 Å². The zero-order chi connectivity index (χ0) is 22.6. The molecule has 1 amide bonds. The summed E-state index contributed by atoms with van der Waals surface area (Å²) >= 11 is 0. The summed E-state index contributed by atoms with van der Waals surface area (Å²) in [5, 5.41) is 3.70. The number of carbonyl (C=O) groups is 1. The number of oxazole rings is 1. The number of nitrogens with zero attached hydrogens (tertiary/aromatic N) is 2. The minimum atomic E-state index is -0.344. The van der Waals surface area contributed by atoms with Crippen molar-refractivity contribution < 1.29 is 13.6 Å². The Kier molecular flexibility index (Phi) is 7.20. The first-order valence-electron chi connectivity index (χ1n) is 11.4. The molecule has 1 aliphatic rings. The highest BCUT2D eigenvalue weighted by Gasteiger charge is 2.40. The van der Waals surface area contributed by atoms with Gasteiger partial charge in [-0.1, -0.05) is 25.5 Å². The van der Waals surface area contributed by atoms with E-state index in [9.17, 15) is 9.18 Å². The maximum atomic E-state index is 14.0. The fourth-order valence-corrected chi connectivity index (χ4v) is 4.90. The van der Waals surface area contributed by atoms with E-state index in [2.05, 4.69) is 49.8 Å². The largest absolute Gasteiger partial charge is 0.441 e. The number of amides is 1. The van der Waals surface area contributed by atoms with Gasteiger partial charge in [-0.25, -0.2) is 9.37 Å². The van der Waals surface area contributed by atoms with Crippen LogP contribution >= 0.6 is 0 Å². The van der Waals surface area contributed by atoms with Crippen LogP contribution < -0.4 is 5.32 Å². The lowest BCUT2D eigenvalue weighted by Gasteiger charge is -2.49. The molecular formula is C25H36FN3O2. The van der Waals surface area contributed by atoms with Gasteiger partial charge in [-0.3, -0.25) is 4.79 Å². The number of unbranched alkanes of at least 4 members (excludes halogenated alkanes) is 1. The number of rotatable bonds is 8. The van der Waals surface area contributed by atoms with Gasteiger partial charge in [0.05, 0.1) is 11.8 Å². The Morgan fingerprint density at radius 1 is 1.23 bits per heavy atom. The number of aromatic nitrogens is 1. The number of hydrogen-bond donors (Lipinski definition) is 1. The van der Waals surface area contributed by atoms with Crippen LogP contribution in [0.3, 0.4) is 0 Å². The van der Waals surface area contributed by atoms with E-state index in [1.54, 1.807) is 18.2 Å². The fourth-order valence-electron chi connectivity index (χ4n) is 4.90. The number of benzene rings is 1. The summed E-state index contributed by atoms with van der Waals surface area (Å²) in [4.78, 5) is 19.6. The molecule has 1 saturated heterocycles. The van der Waals surface area contributed by atoms with Crippen molar-refractivity contribution in [1.82, 2.24) is 15.2 Å². The van der Waals surface area contributed by atoms with E-state index in [1.165, 1.54) is 12.3 Å². The zero-order valence-corrected chi connectivity index (χ0v) is 19.5. The van der Waals surface area contributed by atoms with Crippen molar-refractivity contribution in [2.45, 2.75) is 90.3 Å². The normalized spacial score (nSPS) is 18.1. The van der Waals surface area contributed by atoms with Crippen LogP contribution in [0.1, 0.15) is 72.6 Å². The molecule has 1 aromatic heterocycles. The summed E-state index contributed by atoms with van der Waals surface area (Å²) in [6.07, 6.45) is 6.19. The Hall–Kier alpha value is -2.21. The van der Waals surface area contributed by atoms with E-state index in [0.29, 0.717) is 30.1 Å². The lowest BCUT2D eigenvalue weighted by Crippen LogP contribution is -2.62. The van der Waals surface area contributed by atoms with Gasteiger partial charge in [0, 0.05) is 36.5 Å². The summed E-state index contributed by atoms with van der Waals surface area (Å²) in [6.45, 7) is 11.8. The summed E-state index contributed by atoms with van der Waals surface area (Å²) < 4.78 is 19.7. The van der Waals surface area contributed by atoms with Gasteiger partial charge in [-0.15, -0.1) is 0 Å². The highest BCUT2D eigenvalue weighted by molar-refractivity contribution is 5.76. The molecule has 1 N–H and O–H groups in total. The fraction of sp³-hybridized carbons (Fsp3) is 0.600. The summed E-state index contributed by atoms with van der Waals surface area (Å²) in [5.74, 6) is 0.652. The first kappa shape index (κ1) is 23.5. The first-order valence-corrected chi connectivity index (χ1v) is 11.4. The molecule has 2 aromatic rings. The summed E-state index contributed by atoms with van der Waals surface area (Å²) in [7, 11) is 0. The molecule has 0 bridgehead atoms. The predicted octanol–water partition coefficient (Wildman–Crippen LogP) is 5.35. The number of halogens is 1. The molecule has 0 aliphatic carbocycles. The molecule has 0 radical (unpaired) electrons. The van der Waals surface area contributed by atoms with Crippen LogP contribution in [0.15, 0.2) is 34.9 Å². The van der Waals surface area contributed by atoms with Crippen molar-refractivity contribution >= 4 is 5.91 Å².